The number of imidazole rings is 1. The maximum atomic E-state index is 5.67. The van der Waals surface area contributed by atoms with Crippen molar-refractivity contribution in [3.63, 3.8) is 0 Å². The summed E-state index contributed by atoms with van der Waals surface area (Å²) in [4.78, 5) is 11.2. The summed E-state index contributed by atoms with van der Waals surface area (Å²) in [5.41, 5.74) is 8.15. The molecule has 24 heavy (non-hydrogen) atoms. The van der Waals surface area contributed by atoms with E-state index in [0.717, 1.165) is 50.4 Å². The number of nitrogens with one attached hydrogen (secondary N) is 2. The molecular formula is C19H14N5+. The first-order valence-corrected chi connectivity index (χ1v) is 7.74. The van der Waals surface area contributed by atoms with E-state index in [1.54, 1.807) is 0 Å². The second-order valence-corrected chi connectivity index (χ2v) is 5.78. The number of hydrogen-bond donors (Lipinski definition) is 2. The summed E-state index contributed by atoms with van der Waals surface area (Å²) in [5.74, 6) is 6.52. The smallest absolute Gasteiger partial charge is 0.193 e. The molecule has 5 nitrogen and oxygen atoms in total. The first-order chi connectivity index (χ1) is 11.9. The number of benzene rings is 2. The zero-order chi connectivity index (χ0) is 16.1. The molecule has 2 aromatic heterocycles. The Kier molecular flexibility index (Phi) is 2.58. The summed E-state index contributed by atoms with van der Waals surface area (Å²) in [5, 5.41) is 4.03. The van der Waals surface area contributed by atoms with Crippen LogP contribution in [0.2, 0.25) is 0 Å². The van der Waals surface area contributed by atoms with E-state index in [1.165, 1.54) is 0 Å². The highest BCUT2D eigenvalue weighted by atomic mass is 15.1. The Balaban J connectivity index is 1.84. The van der Waals surface area contributed by atoms with Crippen LogP contribution in [0.3, 0.4) is 0 Å². The third-order valence-corrected chi connectivity index (χ3v) is 4.48. The van der Waals surface area contributed by atoms with Crippen LogP contribution in [-0.2, 0) is 0 Å². The molecule has 5 rings (SSSR count). The summed E-state index contributed by atoms with van der Waals surface area (Å²) in [6, 6.07) is 16.3. The number of fused-ring (bicyclic) bond motifs is 4. The van der Waals surface area contributed by atoms with Crippen LogP contribution in [-0.4, -0.2) is 15.7 Å². The summed E-state index contributed by atoms with van der Waals surface area (Å²) >= 11 is 0. The minimum absolute atomic E-state index is 0.826. The molecule has 0 atom stereocenters. The van der Waals surface area contributed by atoms with Crippen molar-refractivity contribution in [2.24, 2.45) is 10.9 Å². The SMILES string of the molecule is NN=C1c2ccccc2-c2c1cccc2-c1nc2cc[nH+]cc2[nH]1. The maximum Gasteiger partial charge on any atom is 0.193 e. The topological polar surface area (TPSA) is 81.2 Å². The molecule has 0 spiro atoms. The first kappa shape index (κ1) is 13.0. The van der Waals surface area contributed by atoms with Crippen LogP contribution in [0.15, 0.2) is 66.0 Å². The molecule has 0 aliphatic heterocycles. The van der Waals surface area contributed by atoms with Crippen molar-refractivity contribution in [3.8, 4) is 22.5 Å². The molecule has 0 unspecified atom stereocenters. The molecule has 0 radical (unpaired) electrons. The van der Waals surface area contributed by atoms with Gasteiger partial charge in [0, 0.05) is 28.3 Å². The van der Waals surface area contributed by atoms with E-state index in [0.29, 0.717) is 0 Å². The summed E-state index contributed by atoms with van der Waals surface area (Å²) < 4.78 is 0. The van der Waals surface area contributed by atoms with Crippen LogP contribution in [0, 0.1) is 0 Å². The molecule has 0 saturated carbocycles. The largest absolute Gasteiger partial charge is 0.333 e. The average Bonchev–Trinajstić information content (AvgIpc) is 3.20. The fourth-order valence-electron chi connectivity index (χ4n) is 3.45. The van der Waals surface area contributed by atoms with Crippen molar-refractivity contribution in [2.75, 3.05) is 0 Å². The predicted molar refractivity (Wildman–Crippen MR) is 93.3 cm³/mol. The Morgan fingerprint density at radius 2 is 1.71 bits per heavy atom. The van der Waals surface area contributed by atoms with Gasteiger partial charge in [-0.15, -0.1) is 0 Å². The second kappa shape index (κ2) is 4.76. The second-order valence-electron chi connectivity index (χ2n) is 5.78. The molecule has 2 heterocycles. The highest BCUT2D eigenvalue weighted by Crippen LogP contribution is 2.42. The molecule has 1 aliphatic carbocycles. The van der Waals surface area contributed by atoms with Crippen LogP contribution in [0.4, 0.5) is 0 Å². The van der Waals surface area contributed by atoms with Gasteiger partial charge in [0.1, 0.15) is 16.9 Å². The summed E-state index contributed by atoms with van der Waals surface area (Å²) in [6.45, 7) is 0. The molecular weight excluding hydrogens is 298 g/mol. The Hall–Kier alpha value is -3.47. The van der Waals surface area contributed by atoms with E-state index in [9.17, 15) is 0 Å². The van der Waals surface area contributed by atoms with Gasteiger partial charge in [-0.1, -0.05) is 42.5 Å². The van der Waals surface area contributed by atoms with Crippen LogP contribution >= 0.6 is 0 Å². The maximum absolute atomic E-state index is 5.67. The number of H-pyrrole nitrogens is 2. The molecule has 4 aromatic rings. The molecule has 114 valence electrons. The van der Waals surface area contributed by atoms with E-state index in [4.69, 9.17) is 10.8 Å². The number of aromatic amines is 2. The van der Waals surface area contributed by atoms with Crippen LogP contribution in [0.5, 0.6) is 0 Å². The highest BCUT2D eigenvalue weighted by molar-refractivity contribution is 6.26. The van der Waals surface area contributed by atoms with E-state index in [2.05, 4.69) is 39.3 Å². The van der Waals surface area contributed by atoms with Gasteiger partial charge in [0.05, 0.1) is 5.71 Å². The van der Waals surface area contributed by atoms with Gasteiger partial charge in [-0.2, -0.15) is 5.10 Å². The number of nitrogens with zero attached hydrogens (tertiary/aromatic N) is 2. The number of hydrazone groups is 1. The number of hydrogen-bond acceptors (Lipinski definition) is 3. The van der Waals surface area contributed by atoms with Gasteiger partial charge >= 0.3 is 0 Å². The molecule has 0 saturated heterocycles. The Morgan fingerprint density at radius 1 is 0.917 bits per heavy atom. The van der Waals surface area contributed by atoms with Crippen molar-refractivity contribution >= 4 is 16.7 Å². The zero-order valence-corrected chi connectivity index (χ0v) is 12.7. The lowest BCUT2D eigenvalue weighted by molar-refractivity contribution is -0.376. The standard InChI is InChI=1S/C19H13N5/c20-24-18-12-5-2-1-4-11(12)17-13(18)6-3-7-14(17)19-22-15-8-9-21-10-16(15)23-19/h1-10H,20H2,(H,22,23)/p+1. The van der Waals surface area contributed by atoms with Gasteiger partial charge in [-0.3, -0.25) is 0 Å². The Labute approximate surface area is 137 Å². The fraction of sp³-hybridized carbons (Fsp3) is 0. The third kappa shape index (κ3) is 1.66. The lowest BCUT2D eigenvalue weighted by Gasteiger charge is -2.06. The van der Waals surface area contributed by atoms with Gasteiger partial charge in [0.15, 0.2) is 12.4 Å². The van der Waals surface area contributed by atoms with Crippen molar-refractivity contribution in [3.05, 3.63) is 72.1 Å². The molecule has 4 N–H and O–H groups in total. The predicted octanol–water partition coefficient (Wildman–Crippen LogP) is 2.74. The minimum Gasteiger partial charge on any atom is -0.333 e. The Morgan fingerprint density at radius 3 is 2.54 bits per heavy atom. The number of pyridine rings is 1. The lowest BCUT2D eigenvalue weighted by atomic mass is 9.99. The number of nitrogens with two attached hydrogens (primary N) is 1. The summed E-state index contributed by atoms with van der Waals surface area (Å²) in [7, 11) is 0. The monoisotopic (exact) mass is 312 g/mol. The van der Waals surface area contributed by atoms with Crippen molar-refractivity contribution in [1.29, 1.82) is 0 Å². The zero-order valence-electron chi connectivity index (χ0n) is 12.7. The van der Waals surface area contributed by atoms with E-state index < -0.39 is 0 Å². The third-order valence-electron chi connectivity index (χ3n) is 4.48. The van der Waals surface area contributed by atoms with Gasteiger partial charge in [-0.05, 0) is 5.56 Å². The highest BCUT2D eigenvalue weighted by Gasteiger charge is 2.28. The minimum atomic E-state index is 0.826. The Bertz CT molecular complexity index is 1090. The summed E-state index contributed by atoms with van der Waals surface area (Å²) in [6.07, 6.45) is 3.78. The molecule has 2 aromatic carbocycles. The number of aromatic nitrogens is 3. The first-order valence-electron chi connectivity index (χ1n) is 7.74. The quantitative estimate of drug-likeness (QED) is 0.368. The van der Waals surface area contributed by atoms with Crippen molar-refractivity contribution < 1.29 is 4.98 Å². The fourth-order valence-corrected chi connectivity index (χ4v) is 3.45. The lowest BCUT2D eigenvalue weighted by Crippen LogP contribution is -2.01. The van der Waals surface area contributed by atoms with Crippen molar-refractivity contribution in [1.82, 2.24) is 9.97 Å². The normalized spacial score (nSPS) is 14.1. The molecule has 0 bridgehead atoms. The van der Waals surface area contributed by atoms with E-state index in [1.807, 2.05) is 36.7 Å². The van der Waals surface area contributed by atoms with Gasteiger partial charge in [-0.25, -0.2) is 9.97 Å². The van der Waals surface area contributed by atoms with Crippen molar-refractivity contribution in [2.45, 2.75) is 0 Å². The van der Waals surface area contributed by atoms with E-state index >= 15 is 0 Å². The van der Waals surface area contributed by atoms with Gasteiger partial charge < -0.3 is 10.8 Å². The molecule has 0 amide bonds. The van der Waals surface area contributed by atoms with Crippen LogP contribution < -0.4 is 10.8 Å². The van der Waals surface area contributed by atoms with E-state index in [-0.39, 0.29) is 0 Å². The van der Waals surface area contributed by atoms with Gasteiger partial charge in [0.25, 0.3) is 0 Å². The number of rotatable bonds is 1. The van der Waals surface area contributed by atoms with Gasteiger partial charge in [0.2, 0.25) is 0 Å². The molecule has 0 fully saturated rings. The van der Waals surface area contributed by atoms with Crippen LogP contribution in [0.25, 0.3) is 33.5 Å². The molecule has 1 aliphatic rings. The molecule has 5 heteroatoms. The average molecular weight is 312 g/mol. The van der Waals surface area contributed by atoms with Crippen LogP contribution in [0.1, 0.15) is 11.1 Å².